The van der Waals surface area contributed by atoms with Crippen molar-refractivity contribution in [1.29, 1.82) is 0 Å². The zero-order valence-electron chi connectivity index (χ0n) is 16.6. The summed E-state index contributed by atoms with van der Waals surface area (Å²) in [6, 6.07) is 11.9. The smallest absolute Gasteiger partial charge is 0.277 e. The number of para-hydroxylation sites is 2. The zero-order chi connectivity index (χ0) is 21.0. The molecule has 0 fully saturated rings. The van der Waals surface area contributed by atoms with E-state index in [1.807, 2.05) is 32.0 Å². The molecule has 1 aromatic heterocycles. The van der Waals surface area contributed by atoms with E-state index in [2.05, 4.69) is 15.5 Å². The summed E-state index contributed by atoms with van der Waals surface area (Å²) in [5.41, 5.74) is 2.80. The number of nitrogens with one attached hydrogen (secondary N) is 1. The zero-order valence-corrected chi connectivity index (χ0v) is 17.4. The van der Waals surface area contributed by atoms with Gasteiger partial charge in [0.05, 0.1) is 5.25 Å². The molecule has 0 aliphatic carbocycles. The lowest BCUT2D eigenvalue weighted by atomic mass is 10.1. The SMILES string of the molecule is Cc1cccc(C)c1NC(=O)[C@@H](C)Sc1nnc([C@H](C)Oc2ccccc2F)o1. The van der Waals surface area contributed by atoms with Crippen molar-refractivity contribution >= 4 is 23.4 Å². The molecule has 1 heterocycles. The van der Waals surface area contributed by atoms with E-state index in [9.17, 15) is 9.18 Å². The summed E-state index contributed by atoms with van der Waals surface area (Å²) in [6.45, 7) is 7.34. The second-order valence-electron chi connectivity index (χ2n) is 6.61. The Balaban J connectivity index is 1.61. The predicted molar refractivity (Wildman–Crippen MR) is 110 cm³/mol. The highest BCUT2D eigenvalue weighted by atomic mass is 32.2. The number of hydrogen-bond acceptors (Lipinski definition) is 6. The topological polar surface area (TPSA) is 77.2 Å². The molecule has 0 bridgehead atoms. The molecule has 0 spiro atoms. The maximum Gasteiger partial charge on any atom is 0.277 e. The number of halogens is 1. The normalized spacial score (nSPS) is 13.0. The van der Waals surface area contributed by atoms with Crippen molar-refractivity contribution in [3.63, 3.8) is 0 Å². The van der Waals surface area contributed by atoms with Gasteiger partial charge in [-0.2, -0.15) is 0 Å². The lowest BCUT2D eigenvalue weighted by Gasteiger charge is -2.14. The molecule has 0 saturated carbocycles. The van der Waals surface area contributed by atoms with Crippen molar-refractivity contribution in [2.45, 2.75) is 44.3 Å². The van der Waals surface area contributed by atoms with Gasteiger partial charge in [-0.15, -0.1) is 10.2 Å². The molecule has 2 atom stereocenters. The number of thioether (sulfide) groups is 1. The number of aryl methyl sites for hydroxylation is 2. The summed E-state index contributed by atoms with van der Waals surface area (Å²) in [7, 11) is 0. The third-order valence-electron chi connectivity index (χ3n) is 4.29. The number of carbonyl (C=O) groups excluding carboxylic acids is 1. The van der Waals surface area contributed by atoms with Crippen LogP contribution in [0.3, 0.4) is 0 Å². The van der Waals surface area contributed by atoms with Gasteiger partial charge in [0.2, 0.25) is 5.91 Å². The molecule has 29 heavy (non-hydrogen) atoms. The standard InChI is InChI=1S/C21H22FN3O3S/c1-12-8-7-9-13(2)18(12)23-19(26)15(4)29-21-25-24-20(28-21)14(3)27-17-11-6-5-10-16(17)22/h5-11,14-15H,1-4H3,(H,23,26)/t14-,15+/m0/s1. The number of ether oxygens (including phenoxy) is 1. The Bertz CT molecular complexity index is 988. The lowest BCUT2D eigenvalue weighted by molar-refractivity contribution is -0.115. The van der Waals surface area contributed by atoms with Gasteiger partial charge in [-0.05, 0) is 51.0 Å². The van der Waals surface area contributed by atoms with Gasteiger partial charge in [-0.3, -0.25) is 4.79 Å². The molecule has 6 nitrogen and oxygen atoms in total. The van der Waals surface area contributed by atoms with Crippen LogP contribution in [0.25, 0.3) is 0 Å². The van der Waals surface area contributed by atoms with E-state index in [1.165, 1.54) is 12.1 Å². The second kappa shape index (κ2) is 9.09. The van der Waals surface area contributed by atoms with Crippen molar-refractivity contribution in [1.82, 2.24) is 10.2 Å². The summed E-state index contributed by atoms with van der Waals surface area (Å²) in [5, 5.41) is 10.6. The van der Waals surface area contributed by atoms with E-state index < -0.39 is 17.2 Å². The monoisotopic (exact) mass is 415 g/mol. The molecule has 3 rings (SSSR count). The Hall–Kier alpha value is -2.87. The maximum atomic E-state index is 13.7. The first-order valence-corrected chi connectivity index (χ1v) is 10.0. The number of anilines is 1. The van der Waals surface area contributed by atoms with Crippen molar-refractivity contribution in [2.24, 2.45) is 0 Å². The summed E-state index contributed by atoms with van der Waals surface area (Å²) in [6.07, 6.45) is -0.632. The van der Waals surface area contributed by atoms with Gasteiger partial charge in [0.1, 0.15) is 0 Å². The maximum absolute atomic E-state index is 13.7. The first kappa shape index (κ1) is 20.9. The van der Waals surface area contributed by atoms with Crippen LogP contribution in [0, 0.1) is 19.7 Å². The number of benzene rings is 2. The highest BCUT2D eigenvalue weighted by Crippen LogP contribution is 2.28. The molecule has 1 N–H and O–H groups in total. The minimum absolute atomic E-state index is 0.105. The fourth-order valence-electron chi connectivity index (χ4n) is 2.65. The van der Waals surface area contributed by atoms with Crippen LogP contribution in [0.1, 0.15) is 37.0 Å². The van der Waals surface area contributed by atoms with E-state index in [0.29, 0.717) is 0 Å². The van der Waals surface area contributed by atoms with Crippen molar-refractivity contribution in [3.05, 3.63) is 65.3 Å². The molecule has 3 aromatic rings. The van der Waals surface area contributed by atoms with Gasteiger partial charge in [0.15, 0.2) is 17.7 Å². The molecule has 0 unspecified atom stereocenters. The quantitative estimate of drug-likeness (QED) is 0.542. The number of nitrogens with zero attached hydrogens (tertiary/aromatic N) is 2. The highest BCUT2D eigenvalue weighted by molar-refractivity contribution is 8.00. The van der Waals surface area contributed by atoms with Gasteiger partial charge < -0.3 is 14.5 Å². The Morgan fingerprint density at radius 1 is 1.10 bits per heavy atom. The van der Waals surface area contributed by atoms with Crippen molar-refractivity contribution in [2.75, 3.05) is 5.32 Å². The largest absolute Gasteiger partial charge is 0.478 e. The van der Waals surface area contributed by atoms with Gasteiger partial charge in [0, 0.05) is 5.69 Å². The van der Waals surface area contributed by atoms with Crippen LogP contribution < -0.4 is 10.1 Å². The van der Waals surface area contributed by atoms with Crippen molar-refractivity contribution in [3.8, 4) is 5.75 Å². The molecule has 8 heteroatoms. The van der Waals surface area contributed by atoms with Crippen LogP contribution in [0.5, 0.6) is 5.75 Å². The fraction of sp³-hybridized carbons (Fsp3) is 0.286. The average molecular weight is 415 g/mol. The van der Waals surface area contributed by atoms with E-state index in [0.717, 1.165) is 28.6 Å². The molecule has 0 aliphatic heterocycles. The molecule has 0 radical (unpaired) electrons. The average Bonchev–Trinajstić information content (AvgIpc) is 3.15. The molecule has 152 valence electrons. The summed E-state index contributed by atoms with van der Waals surface area (Å²) in [4.78, 5) is 12.6. The van der Waals surface area contributed by atoms with E-state index >= 15 is 0 Å². The number of amides is 1. The highest BCUT2D eigenvalue weighted by Gasteiger charge is 2.22. The molecule has 2 aromatic carbocycles. The second-order valence-corrected chi connectivity index (χ2v) is 7.90. The molecule has 0 aliphatic rings. The number of aromatic nitrogens is 2. The number of hydrogen-bond donors (Lipinski definition) is 1. The Kier molecular flexibility index (Phi) is 6.53. The summed E-state index contributed by atoms with van der Waals surface area (Å²) >= 11 is 1.15. The third kappa shape index (κ3) is 5.14. The first-order chi connectivity index (χ1) is 13.8. The van der Waals surface area contributed by atoms with Crippen LogP contribution >= 0.6 is 11.8 Å². The van der Waals surface area contributed by atoms with Gasteiger partial charge in [-0.25, -0.2) is 4.39 Å². The minimum atomic E-state index is -0.632. The van der Waals surface area contributed by atoms with Crippen LogP contribution in [-0.4, -0.2) is 21.4 Å². The van der Waals surface area contributed by atoms with Gasteiger partial charge in [-0.1, -0.05) is 42.1 Å². The van der Waals surface area contributed by atoms with E-state index in [4.69, 9.17) is 9.15 Å². The minimum Gasteiger partial charge on any atom is -0.478 e. The van der Waals surface area contributed by atoms with Gasteiger partial charge in [0.25, 0.3) is 11.1 Å². The molecule has 0 saturated heterocycles. The predicted octanol–water partition coefficient (Wildman–Crippen LogP) is 5.08. The summed E-state index contributed by atoms with van der Waals surface area (Å²) < 4.78 is 24.9. The van der Waals surface area contributed by atoms with Crippen LogP contribution in [0.15, 0.2) is 52.1 Å². The number of carbonyl (C=O) groups is 1. The molecule has 1 amide bonds. The van der Waals surface area contributed by atoms with Crippen LogP contribution in [0.2, 0.25) is 0 Å². The molecular formula is C21H22FN3O3S. The first-order valence-electron chi connectivity index (χ1n) is 9.13. The number of rotatable bonds is 7. The van der Waals surface area contributed by atoms with Crippen molar-refractivity contribution < 1.29 is 18.3 Å². The van der Waals surface area contributed by atoms with E-state index in [-0.39, 0.29) is 22.8 Å². The van der Waals surface area contributed by atoms with Gasteiger partial charge >= 0.3 is 0 Å². The Labute approximate surface area is 172 Å². The van der Waals surface area contributed by atoms with Crippen LogP contribution in [0.4, 0.5) is 10.1 Å². The molecular weight excluding hydrogens is 393 g/mol. The lowest BCUT2D eigenvalue weighted by Crippen LogP contribution is -2.23. The van der Waals surface area contributed by atoms with E-state index in [1.54, 1.807) is 26.0 Å². The Morgan fingerprint density at radius 3 is 2.48 bits per heavy atom. The summed E-state index contributed by atoms with van der Waals surface area (Å²) in [5.74, 6) is -0.320. The fourth-order valence-corrected chi connectivity index (χ4v) is 3.34. The third-order valence-corrected chi connectivity index (χ3v) is 5.22. The Morgan fingerprint density at radius 2 is 1.79 bits per heavy atom. The van der Waals surface area contributed by atoms with Crippen LogP contribution in [-0.2, 0) is 4.79 Å².